The zero-order valence-electron chi connectivity index (χ0n) is 11.2. The van der Waals surface area contributed by atoms with Crippen molar-refractivity contribution < 1.29 is 4.74 Å². The van der Waals surface area contributed by atoms with E-state index in [2.05, 4.69) is 46.5 Å². The van der Waals surface area contributed by atoms with Gasteiger partial charge in [-0.3, -0.25) is 0 Å². The molecule has 0 saturated heterocycles. The summed E-state index contributed by atoms with van der Waals surface area (Å²) in [6.07, 6.45) is 2.92. The minimum atomic E-state index is 0.0153. The van der Waals surface area contributed by atoms with Crippen LogP contribution in [0.3, 0.4) is 0 Å². The van der Waals surface area contributed by atoms with Crippen molar-refractivity contribution in [3.63, 3.8) is 0 Å². The van der Waals surface area contributed by atoms with Crippen molar-refractivity contribution in [3.05, 3.63) is 58.1 Å². The van der Waals surface area contributed by atoms with E-state index >= 15 is 0 Å². The molecule has 2 aromatic carbocycles. The van der Waals surface area contributed by atoms with Gasteiger partial charge >= 0.3 is 0 Å². The van der Waals surface area contributed by atoms with Crippen LogP contribution >= 0.6 is 27.7 Å². The number of halogens is 1. The summed E-state index contributed by atoms with van der Waals surface area (Å²) in [5.74, 6) is 0.894. The maximum Gasteiger partial charge on any atom is 0.126 e. The average molecular weight is 350 g/mol. The third-order valence-electron chi connectivity index (χ3n) is 3.60. The number of rotatable bonds is 2. The van der Waals surface area contributed by atoms with Gasteiger partial charge in [0.2, 0.25) is 0 Å². The lowest BCUT2D eigenvalue weighted by molar-refractivity contribution is 0.161. The molecule has 1 aliphatic heterocycles. The highest BCUT2D eigenvalue weighted by atomic mass is 79.9. The van der Waals surface area contributed by atoms with E-state index in [1.807, 2.05) is 18.2 Å². The predicted octanol–water partition coefficient (Wildman–Crippen LogP) is 4.69. The molecule has 0 radical (unpaired) electrons. The molecule has 0 aliphatic carbocycles. The summed E-state index contributed by atoms with van der Waals surface area (Å²) in [6.45, 7) is 0. The molecule has 2 unspecified atom stereocenters. The second-order valence-corrected chi connectivity index (χ2v) is 6.70. The van der Waals surface area contributed by atoms with Crippen molar-refractivity contribution in [2.45, 2.75) is 23.5 Å². The summed E-state index contributed by atoms with van der Waals surface area (Å²) in [5, 5.41) is 0. The van der Waals surface area contributed by atoms with Crippen LogP contribution in [0.5, 0.6) is 5.75 Å². The second kappa shape index (κ2) is 5.80. The molecule has 3 rings (SSSR count). The number of hydrogen-bond donors (Lipinski definition) is 1. The molecular weight excluding hydrogens is 334 g/mol. The normalized spacial score (nSPS) is 21.1. The van der Waals surface area contributed by atoms with E-state index in [1.54, 1.807) is 11.8 Å². The van der Waals surface area contributed by atoms with Crippen LogP contribution in [-0.4, -0.2) is 6.26 Å². The van der Waals surface area contributed by atoms with Crippen LogP contribution in [0.1, 0.15) is 29.7 Å². The van der Waals surface area contributed by atoms with Gasteiger partial charge in [0.15, 0.2) is 0 Å². The van der Waals surface area contributed by atoms with Crippen molar-refractivity contribution in [1.29, 1.82) is 0 Å². The maximum atomic E-state index is 6.29. The summed E-state index contributed by atoms with van der Waals surface area (Å²) < 4.78 is 7.15. The molecule has 0 amide bonds. The maximum absolute atomic E-state index is 6.29. The average Bonchev–Trinajstić information content (AvgIpc) is 2.48. The van der Waals surface area contributed by atoms with E-state index in [0.717, 1.165) is 22.2 Å². The van der Waals surface area contributed by atoms with Gasteiger partial charge < -0.3 is 10.5 Å². The van der Waals surface area contributed by atoms with Crippen LogP contribution in [0.15, 0.2) is 51.8 Å². The minimum Gasteiger partial charge on any atom is -0.485 e. The Labute approximate surface area is 131 Å². The van der Waals surface area contributed by atoms with Gasteiger partial charge in [-0.05, 0) is 42.2 Å². The SMILES string of the molecule is CSc1ccc(C2CC(N)c3cc(Br)ccc3O2)cc1. The smallest absolute Gasteiger partial charge is 0.126 e. The van der Waals surface area contributed by atoms with Gasteiger partial charge in [0.1, 0.15) is 11.9 Å². The first-order valence-corrected chi connectivity index (χ1v) is 8.55. The number of fused-ring (bicyclic) bond motifs is 1. The summed E-state index contributed by atoms with van der Waals surface area (Å²) in [4.78, 5) is 1.26. The van der Waals surface area contributed by atoms with Crippen molar-refractivity contribution >= 4 is 27.7 Å². The highest BCUT2D eigenvalue weighted by Gasteiger charge is 2.27. The fourth-order valence-electron chi connectivity index (χ4n) is 2.50. The Kier molecular flexibility index (Phi) is 4.06. The van der Waals surface area contributed by atoms with Gasteiger partial charge in [0, 0.05) is 27.4 Å². The molecule has 0 saturated carbocycles. The fraction of sp³-hybridized carbons (Fsp3) is 0.250. The number of nitrogens with two attached hydrogens (primary N) is 1. The Morgan fingerprint density at radius 3 is 2.65 bits per heavy atom. The Morgan fingerprint density at radius 2 is 1.95 bits per heavy atom. The minimum absolute atomic E-state index is 0.0153. The first-order chi connectivity index (χ1) is 9.67. The molecule has 2 N–H and O–H groups in total. The largest absolute Gasteiger partial charge is 0.485 e. The zero-order valence-corrected chi connectivity index (χ0v) is 13.6. The van der Waals surface area contributed by atoms with Gasteiger partial charge in [-0.2, -0.15) is 0 Å². The summed E-state index contributed by atoms with van der Waals surface area (Å²) >= 11 is 5.22. The molecule has 0 bridgehead atoms. The van der Waals surface area contributed by atoms with Crippen molar-refractivity contribution in [3.8, 4) is 5.75 Å². The lowest BCUT2D eigenvalue weighted by Crippen LogP contribution is -2.24. The molecule has 0 spiro atoms. The van der Waals surface area contributed by atoms with Gasteiger partial charge in [-0.15, -0.1) is 11.8 Å². The lowest BCUT2D eigenvalue weighted by Gasteiger charge is -2.30. The Bertz CT molecular complexity index is 614. The van der Waals surface area contributed by atoms with Crippen LogP contribution in [0.25, 0.3) is 0 Å². The Morgan fingerprint density at radius 1 is 1.20 bits per heavy atom. The van der Waals surface area contributed by atoms with E-state index in [4.69, 9.17) is 10.5 Å². The van der Waals surface area contributed by atoms with Crippen molar-refractivity contribution in [2.24, 2.45) is 5.73 Å². The van der Waals surface area contributed by atoms with Crippen LogP contribution in [0.2, 0.25) is 0 Å². The van der Waals surface area contributed by atoms with Gasteiger partial charge in [-0.25, -0.2) is 0 Å². The molecule has 104 valence electrons. The van der Waals surface area contributed by atoms with Crippen LogP contribution in [0.4, 0.5) is 0 Å². The highest BCUT2D eigenvalue weighted by molar-refractivity contribution is 9.10. The van der Waals surface area contributed by atoms with Crippen LogP contribution < -0.4 is 10.5 Å². The monoisotopic (exact) mass is 349 g/mol. The van der Waals surface area contributed by atoms with Crippen LogP contribution in [0, 0.1) is 0 Å². The van der Waals surface area contributed by atoms with E-state index in [0.29, 0.717) is 0 Å². The molecule has 4 heteroatoms. The molecule has 0 fully saturated rings. The van der Waals surface area contributed by atoms with E-state index in [9.17, 15) is 0 Å². The summed E-state index contributed by atoms with van der Waals surface area (Å²) in [6, 6.07) is 14.6. The molecule has 0 aromatic heterocycles. The van der Waals surface area contributed by atoms with Gasteiger partial charge in [0.25, 0.3) is 0 Å². The molecular formula is C16H16BrNOS. The quantitative estimate of drug-likeness (QED) is 0.798. The van der Waals surface area contributed by atoms with Gasteiger partial charge in [-0.1, -0.05) is 28.1 Å². The molecule has 1 aliphatic rings. The molecule has 20 heavy (non-hydrogen) atoms. The second-order valence-electron chi connectivity index (χ2n) is 4.90. The Balaban J connectivity index is 1.88. The first kappa shape index (κ1) is 14.0. The first-order valence-electron chi connectivity index (χ1n) is 6.53. The van der Waals surface area contributed by atoms with E-state index in [1.165, 1.54) is 10.5 Å². The number of ether oxygens (including phenoxy) is 1. The third-order valence-corrected chi connectivity index (χ3v) is 4.83. The topological polar surface area (TPSA) is 35.2 Å². The van der Waals surface area contributed by atoms with Crippen LogP contribution in [-0.2, 0) is 0 Å². The number of thioether (sulfide) groups is 1. The van der Waals surface area contributed by atoms with Crippen molar-refractivity contribution in [2.75, 3.05) is 6.26 Å². The molecule has 1 heterocycles. The molecule has 2 atom stereocenters. The van der Waals surface area contributed by atoms with E-state index in [-0.39, 0.29) is 12.1 Å². The van der Waals surface area contributed by atoms with Gasteiger partial charge in [0.05, 0.1) is 0 Å². The third kappa shape index (κ3) is 2.73. The summed E-state index contributed by atoms with van der Waals surface area (Å²) in [5.41, 5.74) is 8.56. The summed E-state index contributed by atoms with van der Waals surface area (Å²) in [7, 11) is 0. The molecule has 2 nitrogen and oxygen atoms in total. The number of hydrogen-bond acceptors (Lipinski definition) is 3. The lowest BCUT2D eigenvalue weighted by atomic mass is 9.94. The highest BCUT2D eigenvalue weighted by Crippen LogP contribution is 2.40. The van der Waals surface area contributed by atoms with Crippen molar-refractivity contribution in [1.82, 2.24) is 0 Å². The Hall–Kier alpha value is -0.970. The molecule has 2 aromatic rings. The fourth-order valence-corrected chi connectivity index (χ4v) is 3.29. The van der Waals surface area contributed by atoms with E-state index < -0.39 is 0 Å². The predicted molar refractivity (Wildman–Crippen MR) is 87.3 cm³/mol. The number of benzene rings is 2. The zero-order chi connectivity index (χ0) is 14.1. The standard InChI is InChI=1S/C16H16BrNOS/c1-20-12-5-2-10(3-6-12)16-9-14(18)13-8-11(17)4-7-15(13)19-16/h2-8,14,16H,9,18H2,1H3.